The molecule has 3 aromatic carbocycles. The molecule has 3 heteroatoms. The third-order valence-electron chi connectivity index (χ3n) is 4.17. The number of nitrogens with two attached hydrogens (primary N) is 1. The van der Waals surface area contributed by atoms with E-state index in [0.29, 0.717) is 0 Å². The van der Waals surface area contributed by atoms with Crippen molar-refractivity contribution in [3.8, 4) is 5.75 Å². The Balaban J connectivity index is 2.09. The largest absolute Gasteiger partial charge is 0.497 e. The normalized spacial score (nSPS) is 13.5. The Hall–Kier alpha value is -2.15. The van der Waals surface area contributed by atoms with E-state index in [1.165, 1.54) is 10.6 Å². The van der Waals surface area contributed by atoms with Crippen LogP contribution in [0.25, 0.3) is 0 Å². The molecule has 0 bridgehead atoms. The number of rotatable bonds is 5. The van der Waals surface area contributed by atoms with Gasteiger partial charge in [0.15, 0.2) is 0 Å². The van der Waals surface area contributed by atoms with Crippen LogP contribution in [0.4, 0.5) is 0 Å². The summed E-state index contributed by atoms with van der Waals surface area (Å²) in [7, 11) is 0.931. The third kappa shape index (κ3) is 3.36. The standard InChI is InChI=1S/C21H22NOP/c1-21(22,17-13-15-18(23-2)16-14-17)24(19-9-5-3-6-10-19)20-11-7-4-8-12-20/h3-16H,22H2,1-2H3. The minimum absolute atomic E-state index is 0.482. The predicted molar refractivity (Wildman–Crippen MR) is 104 cm³/mol. The molecule has 3 rings (SSSR count). The minimum Gasteiger partial charge on any atom is -0.497 e. The maximum Gasteiger partial charge on any atom is 0.118 e. The van der Waals surface area contributed by atoms with E-state index < -0.39 is 13.2 Å². The Morgan fingerprint density at radius 3 is 1.62 bits per heavy atom. The fraction of sp³-hybridized carbons (Fsp3) is 0.143. The first-order valence-electron chi connectivity index (χ1n) is 7.96. The van der Waals surface area contributed by atoms with Crippen LogP contribution >= 0.6 is 7.92 Å². The highest BCUT2D eigenvalue weighted by molar-refractivity contribution is 7.73. The van der Waals surface area contributed by atoms with Crippen LogP contribution in [0.5, 0.6) is 5.75 Å². The molecule has 0 radical (unpaired) electrons. The van der Waals surface area contributed by atoms with Crippen molar-refractivity contribution < 1.29 is 4.74 Å². The van der Waals surface area contributed by atoms with Crippen LogP contribution in [0.15, 0.2) is 84.9 Å². The van der Waals surface area contributed by atoms with Gasteiger partial charge >= 0.3 is 0 Å². The van der Waals surface area contributed by atoms with Crippen molar-refractivity contribution in [1.82, 2.24) is 0 Å². The van der Waals surface area contributed by atoms with Crippen LogP contribution in [0.3, 0.4) is 0 Å². The molecule has 24 heavy (non-hydrogen) atoms. The van der Waals surface area contributed by atoms with E-state index in [-0.39, 0.29) is 0 Å². The Labute approximate surface area is 145 Å². The molecule has 0 saturated heterocycles. The van der Waals surface area contributed by atoms with Crippen molar-refractivity contribution in [3.05, 3.63) is 90.5 Å². The van der Waals surface area contributed by atoms with E-state index in [0.717, 1.165) is 11.3 Å². The van der Waals surface area contributed by atoms with Gasteiger partial charge in [-0.25, -0.2) is 0 Å². The third-order valence-corrected chi connectivity index (χ3v) is 6.98. The van der Waals surface area contributed by atoms with E-state index >= 15 is 0 Å². The number of hydrogen-bond donors (Lipinski definition) is 1. The van der Waals surface area contributed by atoms with E-state index in [1.807, 2.05) is 24.3 Å². The zero-order chi connectivity index (χ0) is 17.0. The molecule has 0 aliphatic heterocycles. The molecule has 0 aromatic heterocycles. The molecule has 1 atom stereocenters. The summed E-state index contributed by atoms with van der Waals surface area (Å²) < 4.78 is 5.28. The smallest absolute Gasteiger partial charge is 0.118 e. The molecule has 0 saturated carbocycles. The van der Waals surface area contributed by atoms with E-state index in [4.69, 9.17) is 10.5 Å². The summed E-state index contributed by atoms with van der Waals surface area (Å²) >= 11 is 0. The fourth-order valence-corrected chi connectivity index (χ4v) is 5.62. The lowest BCUT2D eigenvalue weighted by Crippen LogP contribution is -2.38. The maximum absolute atomic E-state index is 6.93. The molecule has 0 amide bonds. The van der Waals surface area contributed by atoms with Crippen molar-refractivity contribution in [1.29, 1.82) is 0 Å². The SMILES string of the molecule is COc1ccc(C(C)(N)P(c2ccccc2)c2ccccc2)cc1. The lowest BCUT2D eigenvalue weighted by atomic mass is 10.1. The van der Waals surface area contributed by atoms with Crippen molar-refractivity contribution in [2.45, 2.75) is 12.2 Å². The van der Waals surface area contributed by atoms with E-state index in [1.54, 1.807) is 7.11 Å². The Kier molecular flexibility index (Phi) is 4.99. The highest BCUT2D eigenvalue weighted by Crippen LogP contribution is 2.50. The van der Waals surface area contributed by atoms with Crippen molar-refractivity contribution in [3.63, 3.8) is 0 Å². The fourth-order valence-electron chi connectivity index (χ4n) is 2.90. The van der Waals surface area contributed by atoms with Gasteiger partial charge in [0, 0.05) is 0 Å². The van der Waals surface area contributed by atoms with Crippen LogP contribution in [0.2, 0.25) is 0 Å². The van der Waals surface area contributed by atoms with Gasteiger partial charge in [0.25, 0.3) is 0 Å². The predicted octanol–water partition coefficient (Wildman–Crippen LogP) is 3.96. The lowest BCUT2D eigenvalue weighted by molar-refractivity contribution is 0.414. The summed E-state index contributed by atoms with van der Waals surface area (Å²) in [6, 6.07) is 29.2. The minimum atomic E-state index is -0.747. The molecule has 0 fully saturated rings. The summed E-state index contributed by atoms with van der Waals surface area (Å²) in [5.41, 5.74) is 8.04. The van der Waals surface area contributed by atoms with Crippen LogP contribution in [-0.4, -0.2) is 7.11 Å². The Morgan fingerprint density at radius 2 is 1.21 bits per heavy atom. The highest BCUT2D eigenvalue weighted by atomic mass is 31.1. The summed E-state index contributed by atoms with van der Waals surface area (Å²) in [4.78, 5) is 0. The highest BCUT2D eigenvalue weighted by Gasteiger charge is 2.34. The van der Waals surface area contributed by atoms with Crippen molar-refractivity contribution in [2.24, 2.45) is 5.73 Å². The van der Waals surface area contributed by atoms with Gasteiger partial charge in [-0.05, 0) is 43.2 Å². The second kappa shape index (κ2) is 7.17. The number of benzene rings is 3. The van der Waals surface area contributed by atoms with Gasteiger partial charge in [0.2, 0.25) is 0 Å². The zero-order valence-corrected chi connectivity index (χ0v) is 14.9. The molecular weight excluding hydrogens is 313 g/mol. The average molecular weight is 335 g/mol. The van der Waals surface area contributed by atoms with Gasteiger partial charge in [0.1, 0.15) is 5.75 Å². The van der Waals surface area contributed by atoms with Gasteiger partial charge < -0.3 is 10.5 Å². The van der Waals surface area contributed by atoms with Gasteiger partial charge in [-0.2, -0.15) is 0 Å². The second-order valence-electron chi connectivity index (χ2n) is 5.88. The number of methoxy groups -OCH3 is 1. The van der Waals surface area contributed by atoms with Crippen LogP contribution in [0.1, 0.15) is 12.5 Å². The molecule has 0 aliphatic rings. The summed E-state index contributed by atoms with van der Waals surface area (Å²) in [6.45, 7) is 2.13. The summed E-state index contributed by atoms with van der Waals surface area (Å²) in [6.07, 6.45) is 0. The Morgan fingerprint density at radius 1 is 0.750 bits per heavy atom. The average Bonchev–Trinajstić information content (AvgIpc) is 2.63. The zero-order valence-electron chi connectivity index (χ0n) is 14.0. The van der Waals surface area contributed by atoms with Crippen molar-refractivity contribution >= 4 is 18.5 Å². The van der Waals surface area contributed by atoms with Gasteiger partial charge in [-0.15, -0.1) is 0 Å². The topological polar surface area (TPSA) is 35.2 Å². The van der Waals surface area contributed by atoms with Gasteiger partial charge in [0.05, 0.1) is 12.4 Å². The van der Waals surface area contributed by atoms with Crippen LogP contribution in [0, 0.1) is 0 Å². The summed E-state index contributed by atoms with van der Waals surface area (Å²) in [5, 5.41) is 2.07. The van der Waals surface area contributed by atoms with Crippen LogP contribution in [-0.2, 0) is 5.28 Å². The molecule has 2 N–H and O–H groups in total. The van der Waals surface area contributed by atoms with E-state index in [9.17, 15) is 0 Å². The molecule has 0 heterocycles. The monoisotopic (exact) mass is 335 g/mol. The molecular formula is C21H22NOP. The van der Waals surface area contributed by atoms with Gasteiger partial charge in [-0.3, -0.25) is 0 Å². The second-order valence-corrected chi connectivity index (χ2v) is 8.52. The first-order valence-corrected chi connectivity index (χ1v) is 9.31. The first-order chi connectivity index (χ1) is 11.6. The Bertz CT molecular complexity index is 730. The van der Waals surface area contributed by atoms with E-state index in [2.05, 4.69) is 67.6 Å². The molecule has 0 spiro atoms. The molecule has 1 unspecified atom stereocenters. The molecule has 0 aliphatic carbocycles. The first kappa shape index (κ1) is 16.7. The van der Waals surface area contributed by atoms with Gasteiger partial charge in [-0.1, -0.05) is 72.8 Å². The molecule has 3 aromatic rings. The number of ether oxygens (including phenoxy) is 1. The summed E-state index contributed by atoms with van der Waals surface area (Å²) in [5.74, 6) is 0.846. The molecule has 2 nitrogen and oxygen atoms in total. The quantitative estimate of drug-likeness (QED) is 0.716. The molecule has 122 valence electrons. The lowest BCUT2D eigenvalue weighted by Gasteiger charge is -2.36. The van der Waals surface area contributed by atoms with Crippen molar-refractivity contribution in [2.75, 3.05) is 7.11 Å². The van der Waals surface area contributed by atoms with Crippen LogP contribution < -0.4 is 21.1 Å². The number of hydrogen-bond acceptors (Lipinski definition) is 2. The maximum atomic E-state index is 6.93.